The third-order valence-corrected chi connectivity index (χ3v) is 3.74. The third-order valence-electron chi connectivity index (χ3n) is 3.74. The first-order valence-electron chi connectivity index (χ1n) is 5.92. The zero-order valence-electron chi connectivity index (χ0n) is 9.19. The fourth-order valence-corrected chi connectivity index (χ4v) is 2.70. The van der Waals surface area contributed by atoms with E-state index >= 15 is 0 Å². The molecule has 2 atom stereocenters. The summed E-state index contributed by atoms with van der Waals surface area (Å²) in [5, 5.41) is 11.8. The summed E-state index contributed by atoms with van der Waals surface area (Å²) in [6, 6.07) is 0.737. The van der Waals surface area contributed by atoms with Gasteiger partial charge in [0.2, 0.25) is 0 Å². The van der Waals surface area contributed by atoms with Gasteiger partial charge in [0.25, 0.3) is 0 Å². The van der Waals surface area contributed by atoms with Gasteiger partial charge in [0.15, 0.2) is 0 Å². The van der Waals surface area contributed by atoms with E-state index in [4.69, 9.17) is 0 Å². The first-order valence-corrected chi connectivity index (χ1v) is 5.92. The molecule has 1 aliphatic heterocycles. The maximum absolute atomic E-state index is 4.24. The zero-order valence-corrected chi connectivity index (χ0v) is 9.19. The van der Waals surface area contributed by atoms with Crippen LogP contribution in [0.15, 0.2) is 6.33 Å². The molecule has 0 amide bonds. The van der Waals surface area contributed by atoms with E-state index in [1.54, 1.807) is 0 Å². The van der Waals surface area contributed by atoms with Crippen molar-refractivity contribution in [2.75, 3.05) is 6.54 Å². The Morgan fingerprint density at radius 1 is 1.40 bits per heavy atom. The Morgan fingerprint density at radius 3 is 2.93 bits per heavy atom. The fraction of sp³-hybridized carbons (Fsp3) is 0.818. The Labute approximate surface area is 90.1 Å². The number of rotatable bonds is 2. The first-order chi connectivity index (χ1) is 7.34. The number of piperidine rings is 1. The molecule has 0 spiro atoms. The van der Waals surface area contributed by atoms with Gasteiger partial charge in [0, 0.05) is 19.0 Å². The summed E-state index contributed by atoms with van der Waals surface area (Å²) in [5.41, 5.74) is 0. The van der Waals surface area contributed by atoms with Gasteiger partial charge in [-0.2, -0.15) is 0 Å². The van der Waals surface area contributed by atoms with E-state index < -0.39 is 0 Å². The molecule has 15 heavy (non-hydrogen) atoms. The Balaban J connectivity index is 1.73. The lowest BCUT2D eigenvalue weighted by molar-refractivity contribution is 0.323. The summed E-state index contributed by atoms with van der Waals surface area (Å²) in [4.78, 5) is 0. The van der Waals surface area contributed by atoms with E-state index in [9.17, 15) is 0 Å². The predicted molar refractivity (Wildman–Crippen MR) is 57.5 cm³/mol. The highest BCUT2D eigenvalue weighted by molar-refractivity contribution is 5.02. The van der Waals surface area contributed by atoms with Crippen molar-refractivity contribution in [1.29, 1.82) is 0 Å². The maximum atomic E-state index is 4.24. The van der Waals surface area contributed by atoms with Crippen LogP contribution in [0.4, 0.5) is 0 Å². The maximum Gasteiger partial charge on any atom is 0.135 e. The van der Waals surface area contributed by atoms with Crippen LogP contribution in [0, 0.1) is 5.92 Å². The smallest absolute Gasteiger partial charge is 0.135 e. The summed E-state index contributed by atoms with van der Waals surface area (Å²) in [7, 11) is 2.05. The van der Waals surface area contributed by atoms with Gasteiger partial charge >= 0.3 is 0 Å². The van der Waals surface area contributed by atoms with Crippen molar-refractivity contribution in [2.24, 2.45) is 13.0 Å². The molecule has 2 heterocycles. The Morgan fingerprint density at radius 2 is 2.27 bits per heavy atom. The van der Waals surface area contributed by atoms with Crippen LogP contribution in [0.5, 0.6) is 0 Å². The second-order valence-electron chi connectivity index (χ2n) is 4.92. The lowest BCUT2D eigenvalue weighted by Gasteiger charge is -2.29. The quantitative estimate of drug-likeness (QED) is 0.787. The summed E-state index contributed by atoms with van der Waals surface area (Å²) in [6.45, 7) is 1.14. The average Bonchev–Trinajstić information content (AvgIpc) is 3.02. The number of nitrogens with one attached hydrogen (secondary N) is 1. The fourth-order valence-electron chi connectivity index (χ4n) is 2.70. The van der Waals surface area contributed by atoms with Gasteiger partial charge in [-0.15, -0.1) is 10.2 Å². The molecule has 0 radical (unpaired) electrons. The van der Waals surface area contributed by atoms with Crippen LogP contribution in [-0.2, 0) is 7.05 Å². The zero-order chi connectivity index (χ0) is 10.3. The third kappa shape index (κ3) is 1.78. The monoisotopic (exact) mass is 206 g/mol. The van der Waals surface area contributed by atoms with Crippen LogP contribution >= 0.6 is 0 Å². The molecule has 2 aliphatic rings. The van der Waals surface area contributed by atoms with Crippen molar-refractivity contribution in [3.05, 3.63) is 12.2 Å². The molecule has 1 N–H and O–H groups in total. The molecule has 1 saturated heterocycles. The highest BCUT2D eigenvalue weighted by atomic mass is 15.2. The van der Waals surface area contributed by atoms with E-state index in [-0.39, 0.29) is 0 Å². The predicted octanol–water partition coefficient (Wildman–Crippen LogP) is 1.06. The Bertz CT molecular complexity index is 342. The van der Waals surface area contributed by atoms with E-state index in [0.717, 1.165) is 18.5 Å². The van der Waals surface area contributed by atoms with Crippen LogP contribution in [-0.4, -0.2) is 27.4 Å². The Kier molecular flexibility index (Phi) is 2.24. The molecule has 3 rings (SSSR count). The van der Waals surface area contributed by atoms with Gasteiger partial charge in [-0.3, -0.25) is 0 Å². The molecule has 1 aliphatic carbocycles. The van der Waals surface area contributed by atoms with Crippen LogP contribution in [0.1, 0.15) is 37.4 Å². The average molecular weight is 206 g/mol. The van der Waals surface area contributed by atoms with Crippen molar-refractivity contribution in [3.8, 4) is 0 Å². The Hall–Kier alpha value is -0.900. The lowest BCUT2D eigenvalue weighted by atomic mass is 9.89. The molecule has 1 aromatic heterocycles. The van der Waals surface area contributed by atoms with Gasteiger partial charge in [-0.05, 0) is 38.1 Å². The highest BCUT2D eigenvalue weighted by Gasteiger charge is 2.35. The van der Waals surface area contributed by atoms with Crippen LogP contribution in [0.3, 0.4) is 0 Å². The molecule has 0 unspecified atom stereocenters. The number of hydrogen-bond donors (Lipinski definition) is 1. The normalized spacial score (nSPS) is 31.8. The molecule has 2 fully saturated rings. The van der Waals surface area contributed by atoms with Gasteiger partial charge in [-0.1, -0.05) is 0 Å². The second-order valence-corrected chi connectivity index (χ2v) is 4.92. The lowest BCUT2D eigenvalue weighted by Crippen LogP contribution is -2.39. The van der Waals surface area contributed by atoms with Crippen molar-refractivity contribution in [2.45, 2.75) is 37.6 Å². The van der Waals surface area contributed by atoms with Gasteiger partial charge < -0.3 is 9.88 Å². The molecule has 4 nitrogen and oxygen atoms in total. The van der Waals surface area contributed by atoms with E-state index in [0.29, 0.717) is 5.92 Å². The topological polar surface area (TPSA) is 42.7 Å². The van der Waals surface area contributed by atoms with E-state index in [2.05, 4.69) is 20.1 Å². The largest absolute Gasteiger partial charge is 0.320 e. The number of hydrogen-bond acceptors (Lipinski definition) is 3. The van der Waals surface area contributed by atoms with E-state index in [1.807, 2.05) is 13.4 Å². The van der Waals surface area contributed by atoms with Crippen molar-refractivity contribution in [1.82, 2.24) is 20.1 Å². The first kappa shape index (κ1) is 9.33. The highest BCUT2D eigenvalue weighted by Crippen LogP contribution is 2.39. The molecule has 1 aromatic rings. The molecular weight excluding hydrogens is 188 g/mol. The van der Waals surface area contributed by atoms with Crippen molar-refractivity contribution >= 4 is 0 Å². The number of aryl methyl sites for hydroxylation is 1. The van der Waals surface area contributed by atoms with Gasteiger partial charge in [0.1, 0.15) is 12.2 Å². The summed E-state index contributed by atoms with van der Waals surface area (Å²) < 4.78 is 2.07. The van der Waals surface area contributed by atoms with Gasteiger partial charge in [-0.25, -0.2) is 0 Å². The second kappa shape index (κ2) is 3.59. The standard InChI is InChI=1S/C11H18N4/c1-15-7-13-14-11(15)9-4-5-12-10(6-9)8-2-3-8/h7-10,12H,2-6H2,1H3/t9-,10-/m1/s1. The minimum atomic E-state index is 0.615. The van der Waals surface area contributed by atoms with Crippen molar-refractivity contribution < 1.29 is 0 Å². The van der Waals surface area contributed by atoms with Crippen LogP contribution in [0.25, 0.3) is 0 Å². The minimum absolute atomic E-state index is 0.615. The molecule has 4 heteroatoms. The molecule has 82 valence electrons. The summed E-state index contributed by atoms with van der Waals surface area (Å²) in [6.07, 6.45) is 7.10. The minimum Gasteiger partial charge on any atom is -0.320 e. The SMILES string of the molecule is Cn1cnnc1[C@@H]1CCN[C@@H](C2CC2)C1. The van der Waals surface area contributed by atoms with Crippen molar-refractivity contribution in [3.63, 3.8) is 0 Å². The summed E-state index contributed by atoms with van der Waals surface area (Å²) in [5.74, 6) is 2.73. The number of aromatic nitrogens is 3. The molecule has 0 aromatic carbocycles. The van der Waals surface area contributed by atoms with E-state index in [1.165, 1.54) is 31.5 Å². The number of nitrogens with zero attached hydrogens (tertiary/aromatic N) is 3. The van der Waals surface area contributed by atoms with Crippen LogP contribution in [0.2, 0.25) is 0 Å². The molecular formula is C11H18N4. The molecule has 0 bridgehead atoms. The van der Waals surface area contributed by atoms with Crippen LogP contribution < -0.4 is 5.32 Å². The summed E-state index contributed by atoms with van der Waals surface area (Å²) >= 11 is 0. The van der Waals surface area contributed by atoms with Gasteiger partial charge in [0.05, 0.1) is 0 Å². The molecule has 1 saturated carbocycles.